The lowest BCUT2D eigenvalue weighted by atomic mass is 9.96. The summed E-state index contributed by atoms with van der Waals surface area (Å²) in [5.41, 5.74) is 4.93. The van der Waals surface area contributed by atoms with E-state index < -0.39 is 11.4 Å². The second-order valence-electron chi connectivity index (χ2n) is 6.36. The molecule has 0 radical (unpaired) electrons. The van der Waals surface area contributed by atoms with Gasteiger partial charge in [-0.3, -0.25) is 19.0 Å². The SMILES string of the molecule is NC(=O)C1(NC(=O)CCn2cnc3ccc(Br)cc3c2=O)CCCC1. The van der Waals surface area contributed by atoms with Crippen molar-refractivity contribution < 1.29 is 9.59 Å². The molecule has 1 aliphatic rings. The van der Waals surface area contributed by atoms with Crippen molar-refractivity contribution >= 4 is 38.6 Å². The number of aryl methyl sites for hydroxylation is 1. The van der Waals surface area contributed by atoms with Crippen molar-refractivity contribution in [3.63, 3.8) is 0 Å². The quantitative estimate of drug-likeness (QED) is 0.783. The summed E-state index contributed by atoms with van der Waals surface area (Å²) in [7, 11) is 0. The van der Waals surface area contributed by atoms with E-state index >= 15 is 0 Å². The van der Waals surface area contributed by atoms with Crippen LogP contribution in [0, 0.1) is 0 Å². The van der Waals surface area contributed by atoms with Crippen LogP contribution in [-0.4, -0.2) is 26.9 Å². The number of aromatic nitrogens is 2. The summed E-state index contributed by atoms with van der Waals surface area (Å²) in [6.07, 6.45) is 4.39. The summed E-state index contributed by atoms with van der Waals surface area (Å²) in [5, 5.41) is 3.26. The van der Waals surface area contributed by atoms with Crippen LogP contribution < -0.4 is 16.6 Å². The molecule has 1 aromatic carbocycles. The lowest BCUT2D eigenvalue weighted by molar-refractivity contribution is -0.131. The fraction of sp³-hybridized carbons (Fsp3) is 0.412. The first-order valence-corrected chi connectivity index (χ1v) is 8.96. The Bertz CT molecular complexity index is 887. The topological polar surface area (TPSA) is 107 Å². The van der Waals surface area contributed by atoms with Crippen molar-refractivity contribution in [3.05, 3.63) is 39.4 Å². The number of hydrogen-bond acceptors (Lipinski definition) is 4. The molecule has 0 saturated heterocycles. The van der Waals surface area contributed by atoms with Crippen LogP contribution in [0.4, 0.5) is 0 Å². The number of carbonyl (C=O) groups excluding carboxylic acids is 2. The third-order valence-corrected chi connectivity index (χ3v) is 5.17. The van der Waals surface area contributed by atoms with E-state index in [0.717, 1.165) is 17.3 Å². The maximum Gasteiger partial charge on any atom is 0.261 e. The Morgan fingerprint density at radius 3 is 2.72 bits per heavy atom. The van der Waals surface area contributed by atoms with Crippen LogP contribution in [0.1, 0.15) is 32.1 Å². The van der Waals surface area contributed by atoms with Gasteiger partial charge in [0.25, 0.3) is 5.56 Å². The van der Waals surface area contributed by atoms with Crippen LogP contribution in [0.25, 0.3) is 10.9 Å². The standard InChI is InChI=1S/C17H19BrN4O3/c18-11-3-4-13-12(9-11)15(24)22(10-20-13)8-5-14(23)21-17(16(19)25)6-1-2-7-17/h3-4,9-10H,1-2,5-8H2,(H2,19,25)(H,21,23). The number of nitrogens with zero attached hydrogens (tertiary/aromatic N) is 2. The van der Waals surface area contributed by atoms with Crippen molar-refractivity contribution in [2.24, 2.45) is 5.73 Å². The Hall–Kier alpha value is -2.22. The van der Waals surface area contributed by atoms with Crippen LogP contribution in [0.5, 0.6) is 0 Å². The molecule has 2 amide bonds. The van der Waals surface area contributed by atoms with Gasteiger partial charge in [0.2, 0.25) is 11.8 Å². The monoisotopic (exact) mass is 406 g/mol. The van der Waals surface area contributed by atoms with Crippen LogP contribution in [0.15, 0.2) is 33.8 Å². The molecule has 132 valence electrons. The minimum Gasteiger partial charge on any atom is -0.368 e. The largest absolute Gasteiger partial charge is 0.368 e. The van der Waals surface area contributed by atoms with Crippen LogP contribution in [-0.2, 0) is 16.1 Å². The Morgan fingerprint density at radius 2 is 2.04 bits per heavy atom. The third-order valence-electron chi connectivity index (χ3n) is 4.67. The predicted molar refractivity (Wildman–Crippen MR) is 96.9 cm³/mol. The molecule has 1 aliphatic carbocycles. The second-order valence-corrected chi connectivity index (χ2v) is 7.27. The molecule has 1 saturated carbocycles. The van der Waals surface area contributed by atoms with E-state index in [4.69, 9.17) is 5.73 Å². The average molecular weight is 407 g/mol. The number of carbonyl (C=O) groups is 2. The van der Waals surface area contributed by atoms with E-state index in [1.54, 1.807) is 12.1 Å². The molecule has 0 bridgehead atoms. The Balaban J connectivity index is 1.72. The average Bonchev–Trinajstić information content (AvgIpc) is 3.04. The molecule has 1 aromatic heterocycles. The van der Waals surface area contributed by atoms with Gasteiger partial charge in [-0.15, -0.1) is 0 Å². The van der Waals surface area contributed by atoms with Gasteiger partial charge in [0.15, 0.2) is 0 Å². The zero-order chi connectivity index (χ0) is 18.0. The number of rotatable bonds is 5. The normalized spacial score (nSPS) is 16.0. The molecule has 0 spiro atoms. The second kappa shape index (κ2) is 6.95. The Kier molecular flexibility index (Phi) is 4.89. The number of halogens is 1. The smallest absolute Gasteiger partial charge is 0.261 e. The first kappa shape index (κ1) is 17.6. The van der Waals surface area contributed by atoms with Gasteiger partial charge in [-0.25, -0.2) is 4.98 Å². The van der Waals surface area contributed by atoms with Gasteiger partial charge >= 0.3 is 0 Å². The fourth-order valence-corrected chi connectivity index (χ4v) is 3.61. The molecule has 3 rings (SSSR count). The van der Waals surface area contributed by atoms with E-state index in [-0.39, 0.29) is 24.4 Å². The van der Waals surface area contributed by atoms with Crippen molar-refractivity contribution in [1.82, 2.24) is 14.9 Å². The van der Waals surface area contributed by atoms with Crippen molar-refractivity contribution in [2.75, 3.05) is 0 Å². The summed E-state index contributed by atoms with van der Waals surface area (Å²) in [6.45, 7) is 0.189. The molecule has 25 heavy (non-hydrogen) atoms. The Labute approximate surface area is 152 Å². The summed E-state index contributed by atoms with van der Waals surface area (Å²) in [6, 6.07) is 5.29. The fourth-order valence-electron chi connectivity index (χ4n) is 3.25. The number of fused-ring (bicyclic) bond motifs is 1. The molecule has 0 unspecified atom stereocenters. The summed E-state index contributed by atoms with van der Waals surface area (Å²) in [5.74, 6) is -0.783. The van der Waals surface area contributed by atoms with E-state index in [1.807, 2.05) is 6.07 Å². The highest BCUT2D eigenvalue weighted by Gasteiger charge is 2.40. The van der Waals surface area contributed by atoms with Gasteiger partial charge in [0.1, 0.15) is 5.54 Å². The summed E-state index contributed by atoms with van der Waals surface area (Å²) >= 11 is 3.34. The predicted octanol–water partition coefficient (Wildman–Crippen LogP) is 1.46. The first-order chi connectivity index (χ1) is 11.9. The minimum absolute atomic E-state index is 0.0795. The van der Waals surface area contributed by atoms with Crippen LogP contribution >= 0.6 is 15.9 Å². The van der Waals surface area contributed by atoms with Gasteiger partial charge in [0, 0.05) is 17.4 Å². The minimum atomic E-state index is -0.936. The molecule has 0 aliphatic heterocycles. The zero-order valence-corrected chi connectivity index (χ0v) is 15.2. The zero-order valence-electron chi connectivity index (χ0n) is 13.6. The van der Waals surface area contributed by atoms with E-state index in [2.05, 4.69) is 26.2 Å². The van der Waals surface area contributed by atoms with Crippen LogP contribution in [0.3, 0.4) is 0 Å². The highest BCUT2D eigenvalue weighted by Crippen LogP contribution is 2.29. The molecule has 1 heterocycles. The van der Waals surface area contributed by atoms with E-state index in [0.29, 0.717) is 23.7 Å². The number of primary amides is 1. The highest BCUT2D eigenvalue weighted by molar-refractivity contribution is 9.10. The number of nitrogens with one attached hydrogen (secondary N) is 1. The van der Waals surface area contributed by atoms with E-state index in [1.165, 1.54) is 10.9 Å². The Morgan fingerprint density at radius 1 is 1.32 bits per heavy atom. The highest BCUT2D eigenvalue weighted by atomic mass is 79.9. The van der Waals surface area contributed by atoms with Gasteiger partial charge in [0.05, 0.1) is 17.2 Å². The van der Waals surface area contributed by atoms with Gasteiger partial charge < -0.3 is 11.1 Å². The van der Waals surface area contributed by atoms with E-state index in [9.17, 15) is 14.4 Å². The summed E-state index contributed by atoms with van der Waals surface area (Å²) < 4.78 is 2.19. The molecule has 8 heteroatoms. The van der Waals surface area contributed by atoms with Gasteiger partial charge in [-0.05, 0) is 31.0 Å². The summed E-state index contributed by atoms with van der Waals surface area (Å²) in [4.78, 5) is 40.7. The van der Waals surface area contributed by atoms with Crippen molar-refractivity contribution in [1.29, 1.82) is 0 Å². The first-order valence-electron chi connectivity index (χ1n) is 8.17. The molecule has 3 N–H and O–H groups in total. The molecule has 0 atom stereocenters. The molecule has 1 fully saturated rings. The molecular formula is C17H19BrN4O3. The van der Waals surface area contributed by atoms with Gasteiger partial charge in [-0.2, -0.15) is 0 Å². The maximum atomic E-state index is 12.5. The molecule has 7 nitrogen and oxygen atoms in total. The lowest BCUT2D eigenvalue weighted by Crippen LogP contribution is -2.55. The maximum absolute atomic E-state index is 12.5. The number of hydrogen-bond donors (Lipinski definition) is 2. The molecular weight excluding hydrogens is 388 g/mol. The van der Waals surface area contributed by atoms with Crippen molar-refractivity contribution in [2.45, 2.75) is 44.2 Å². The van der Waals surface area contributed by atoms with Crippen LogP contribution in [0.2, 0.25) is 0 Å². The van der Waals surface area contributed by atoms with Crippen molar-refractivity contribution in [3.8, 4) is 0 Å². The number of benzene rings is 1. The molecule has 2 aromatic rings. The third kappa shape index (κ3) is 3.58. The number of nitrogens with two attached hydrogens (primary N) is 1. The lowest BCUT2D eigenvalue weighted by Gasteiger charge is -2.26. The van der Waals surface area contributed by atoms with Gasteiger partial charge in [-0.1, -0.05) is 28.8 Å². The number of amides is 2.